The summed E-state index contributed by atoms with van der Waals surface area (Å²) in [5.41, 5.74) is 1.18. The number of nitrogens with one attached hydrogen (secondary N) is 1. The molecule has 1 unspecified atom stereocenters. The SMILES string of the molecule is Cc1ccc(CN2CCC(O)(c3ccc4c(c3)C(=O)N(C3CCC(=O)NC3=O)C4=O)CC2)cc1F. The highest BCUT2D eigenvalue weighted by atomic mass is 19.1. The molecule has 0 radical (unpaired) electrons. The normalized spacial score (nSPS) is 22.4. The molecular weight excluding hydrogens is 453 g/mol. The van der Waals surface area contributed by atoms with Crippen molar-refractivity contribution in [2.75, 3.05) is 13.1 Å². The van der Waals surface area contributed by atoms with Crippen molar-refractivity contribution in [2.45, 2.75) is 50.8 Å². The van der Waals surface area contributed by atoms with Gasteiger partial charge in [0.1, 0.15) is 11.9 Å². The van der Waals surface area contributed by atoms with Crippen LogP contribution in [-0.2, 0) is 21.7 Å². The highest BCUT2D eigenvalue weighted by molar-refractivity contribution is 6.23. The number of aliphatic hydroxyl groups is 1. The maximum absolute atomic E-state index is 13.9. The van der Waals surface area contributed by atoms with Gasteiger partial charge in [-0.3, -0.25) is 34.3 Å². The molecule has 3 aliphatic heterocycles. The second-order valence-corrected chi connectivity index (χ2v) is 9.60. The number of carbonyl (C=O) groups is 4. The number of halogens is 1. The number of hydrogen-bond acceptors (Lipinski definition) is 6. The highest BCUT2D eigenvalue weighted by Gasteiger charge is 2.45. The zero-order valence-electron chi connectivity index (χ0n) is 19.3. The number of benzene rings is 2. The molecule has 182 valence electrons. The topological polar surface area (TPSA) is 107 Å². The highest BCUT2D eigenvalue weighted by Crippen LogP contribution is 2.36. The molecule has 8 nitrogen and oxygen atoms in total. The molecule has 1 atom stereocenters. The fourth-order valence-corrected chi connectivity index (χ4v) is 5.12. The molecular formula is C26H26FN3O5. The maximum Gasteiger partial charge on any atom is 0.262 e. The Morgan fingerprint density at radius 1 is 1.03 bits per heavy atom. The summed E-state index contributed by atoms with van der Waals surface area (Å²) in [5, 5.41) is 13.6. The Kier molecular flexibility index (Phi) is 5.77. The first-order valence-corrected chi connectivity index (χ1v) is 11.7. The average Bonchev–Trinajstić information content (AvgIpc) is 3.08. The molecule has 2 N–H and O–H groups in total. The summed E-state index contributed by atoms with van der Waals surface area (Å²) >= 11 is 0. The first-order valence-electron chi connectivity index (χ1n) is 11.7. The Hall–Kier alpha value is -3.43. The van der Waals surface area contributed by atoms with Gasteiger partial charge in [-0.15, -0.1) is 0 Å². The molecule has 4 amide bonds. The average molecular weight is 480 g/mol. The molecule has 2 saturated heterocycles. The van der Waals surface area contributed by atoms with Crippen molar-refractivity contribution in [1.29, 1.82) is 0 Å². The van der Waals surface area contributed by atoms with Crippen LogP contribution in [0.4, 0.5) is 4.39 Å². The van der Waals surface area contributed by atoms with Crippen molar-refractivity contribution in [3.8, 4) is 0 Å². The van der Waals surface area contributed by atoms with Crippen molar-refractivity contribution >= 4 is 23.6 Å². The van der Waals surface area contributed by atoms with E-state index in [1.165, 1.54) is 12.1 Å². The first-order chi connectivity index (χ1) is 16.7. The molecule has 2 fully saturated rings. The number of hydrogen-bond donors (Lipinski definition) is 2. The first kappa shape index (κ1) is 23.3. The number of rotatable bonds is 4. The Labute approximate surface area is 201 Å². The molecule has 2 aromatic carbocycles. The van der Waals surface area contributed by atoms with Gasteiger partial charge in [0, 0.05) is 26.1 Å². The van der Waals surface area contributed by atoms with Crippen molar-refractivity contribution in [1.82, 2.24) is 15.1 Å². The van der Waals surface area contributed by atoms with E-state index in [1.807, 2.05) is 6.07 Å². The number of aryl methyl sites for hydroxylation is 1. The van der Waals surface area contributed by atoms with Gasteiger partial charge in [0.2, 0.25) is 11.8 Å². The lowest BCUT2D eigenvalue weighted by Crippen LogP contribution is -2.54. The second-order valence-electron chi connectivity index (χ2n) is 9.60. The number of likely N-dealkylation sites (tertiary alicyclic amines) is 1. The van der Waals surface area contributed by atoms with E-state index in [2.05, 4.69) is 10.2 Å². The Bertz CT molecular complexity index is 1250. The van der Waals surface area contributed by atoms with Gasteiger partial charge in [-0.2, -0.15) is 0 Å². The van der Waals surface area contributed by atoms with Crippen LogP contribution in [0.3, 0.4) is 0 Å². The van der Waals surface area contributed by atoms with Gasteiger partial charge in [0.15, 0.2) is 0 Å². The summed E-state index contributed by atoms with van der Waals surface area (Å²) in [6.45, 7) is 3.46. The molecule has 9 heteroatoms. The van der Waals surface area contributed by atoms with Crippen molar-refractivity contribution < 1.29 is 28.7 Å². The minimum absolute atomic E-state index is 0.0561. The van der Waals surface area contributed by atoms with Gasteiger partial charge in [-0.1, -0.05) is 18.2 Å². The lowest BCUT2D eigenvalue weighted by Gasteiger charge is -2.38. The predicted octanol–water partition coefficient (Wildman–Crippen LogP) is 2.02. The van der Waals surface area contributed by atoms with Gasteiger partial charge < -0.3 is 5.11 Å². The summed E-state index contributed by atoms with van der Waals surface area (Å²) in [6, 6.07) is 8.89. The van der Waals surface area contributed by atoms with E-state index in [-0.39, 0.29) is 29.8 Å². The third-order valence-electron chi connectivity index (χ3n) is 7.30. The fraction of sp³-hybridized carbons (Fsp3) is 0.385. The Morgan fingerprint density at radius 2 is 1.74 bits per heavy atom. The van der Waals surface area contributed by atoms with Gasteiger partial charge in [-0.05, 0) is 61.1 Å². The Balaban J connectivity index is 1.30. The molecule has 0 aromatic heterocycles. The summed E-state index contributed by atoms with van der Waals surface area (Å²) in [5.74, 6) is -2.48. The third-order valence-corrected chi connectivity index (χ3v) is 7.30. The monoisotopic (exact) mass is 479 g/mol. The molecule has 0 saturated carbocycles. The molecule has 5 rings (SSSR count). The van der Waals surface area contributed by atoms with E-state index in [0.717, 1.165) is 10.5 Å². The summed E-state index contributed by atoms with van der Waals surface area (Å²) < 4.78 is 13.9. The number of fused-ring (bicyclic) bond motifs is 1. The quantitative estimate of drug-likeness (QED) is 0.650. The van der Waals surface area contributed by atoms with Crippen molar-refractivity contribution in [3.63, 3.8) is 0 Å². The number of carbonyl (C=O) groups excluding carboxylic acids is 4. The van der Waals surface area contributed by atoms with Crippen molar-refractivity contribution in [2.24, 2.45) is 0 Å². The van der Waals surface area contributed by atoms with E-state index in [0.29, 0.717) is 43.6 Å². The lowest BCUT2D eigenvalue weighted by atomic mass is 9.83. The van der Waals surface area contributed by atoms with E-state index < -0.39 is 35.3 Å². The fourth-order valence-electron chi connectivity index (χ4n) is 5.12. The maximum atomic E-state index is 13.9. The number of nitrogens with zero attached hydrogens (tertiary/aromatic N) is 2. The Morgan fingerprint density at radius 3 is 2.43 bits per heavy atom. The van der Waals surface area contributed by atoms with Gasteiger partial charge in [0.25, 0.3) is 11.8 Å². The van der Waals surface area contributed by atoms with E-state index in [1.54, 1.807) is 25.1 Å². The number of piperidine rings is 2. The molecule has 35 heavy (non-hydrogen) atoms. The van der Waals surface area contributed by atoms with E-state index >= 15 is 0 Å². The second kappa shape index (κ2) is 8.66. The van der Waals surface area contributed by atoms with Crippen LogP contribution in [0.2, 0.25) is 0 Å². The molecule has 0 bridgehead atoms. The molecule has 0 spiro atoms. The van der Waals surface area contributed by atoms with Crippen LogP contribution in [0.5, 0.6) is 0 Å². The van der Waals surface area contributed by atoms with Crippen LogP contribution in [0.1, 0.15) is 63.1 Å². The zero-order valence-corrected chi connectivity index (χ0v) is 19.3. The van der Waals surface area contributed by atoms with Crippen LogP contribution in [0.25, 0.3) is 0 Å². The van der Waals surface area contributed by atoms with Crippen LogP contribution < -0.4 is 5.32 Å². The summed E-state index contributed by atoms with van der Waals surface area (Å²) in [7, 11) is 0. The van der Waals surface area contributed by atoms with Gasteiger partial charge in [0.05, 0.1) is 16.7 Å². The van der Waals surface area contributed by atoms with E-state index in [9.17, 15) is 28.7 Å². The van der Waals surface area contributed by atoms with Crippen LogP contribution in [0, 0.1) is 12.7 Å². The summed E-state index contributed by atoms with van der Waals surface area (Å²) in [4.78, 5) is 52.8. The van der Waals surface area contributed by atoms with Crippen molar-refractivity contribution in [3.05, 3.63) is 70.0 Å². The minimum Gasteiger partial charge on any atom is -0.385 e. The molecule has 3 aliphatic rings. The minimum atomic E-state index is -1.17. The van der Waals surface area contributed by atoms with Crippen LogP contribution in [-0.4, -0.2) is 57.7 Å². The van der Waals surface area contributed by atoms with Crippen LogP contribution >= 0.6 is 0 Å². The molecule has 0 aliphatic carbocycles. The predicted molar refractivity (Wildman–Crippen MR) is 123 cm³/mol. The number of amides is 4. The zero-order chi connectivity index (χ0) is 24.9. The molecule has 3 heterocycles. The number of imide groups is 2. The summed E-state index contributed by atoms with van der Waals surface area (Å²) in [6.07, 6.45) is 0.979. The van der Waals surface area contributed by atoms with Gasteiger partial charge in [-0.25, -0.2) is 4.39 Å². The standard InChI is InChI=1S/C26H26FN3O5/c1-15-2-3-16(12-20(15)27)14-29-10-8-26(35,9-11-29)17-4-5-18-19(13-17)25(34)30(24(18)33)21-6-7-22(31)28-23(21)32/h2-5,12-13,21,35H,6-11,14H2,1H3,(H,28,31,32). The van der Waals surface area contributed by atoms with E-state index in [4.69, 9.17) is 0 Å². The largest absolute Gasteiger partial charge is 0.385 e. The lowest BCUT2D eigenvalue weighted by molar-refractivity contribution is -0.136. The smallest absolute Gasteiger partial charge is 0.262 e. The third kappa shape index (κ3) is 4.15. The van der Waals surface area contributed by atoms with Gasteiger partial charge >= 0.3 is 0 Å². The van der Waals surface area contributed by atoms with Crippen LogP contribution in [0.15, 0.2) is 36.4 Å². The molecule has 2 aromatic rings.